The summed E-state index contributed by atoms with van der Waals surface area (Å²) in [5.41, 5.74) is 6.63. The fraction of sp³-hybridized carbons (Fsp3) is 0.200. The topological polar surface area (TPSA) is 35.2 Å². The fourth-order valence-corrected chi connectivity index (χ4v) is 1.99. The molecule has 0 saturated heterocycles. The van der Waals surface area contributed by atoms with Crippen LogP contribution in [0, 0.1) is 0 Å². The Balaban J connectivity index is 2.38. The number of anilines is 1. The Morgan fingerprint density at radius 3 is 2.40 bits per heavy atom. The summed E-state index contributed by atoms with van der Waals surface area (Å²) in [6, 6.07) is 10.5. The zero-order valence-corrected chi connectivity index (χ0v) is 10.9. The maximum absolute atomic E-state index is 12.7. The minimum atomic E-state index is -4.37. The first kappa shape index (κ1) is 14.2. The largest absolute Gasteiger partial charge is 0.496 e. The van der Waals surface area contributed by atoms with E-state index in [1.165, 1.54) is 13.2 Å². The van der Waals surface area contributed by atoms with Crippen LogP contribution < -0.4 is 10.5 Å². The molecule has 2 aromatic carbocycles. The first-order chi connectivity index (χ1) is 9.41. The summed E-state index contributed by atoms with van der Waals surface area (Å²) in [5.74, 6) is 0.629. The summed E-state index contributed by atoms with van der Waals surface area (Å²) in [5, 5.41) is 0. The van der Waals surface area contributed by atoms with E-state index in [0.29, 0.717) is 23.4 Å². The smallest absolute Gasteiger partial charge is 0.416 e. The molecule has 0 fully saturated rings. The van der Waals surface area contributed by atoms with Crippen LogP contribution in [0.25, 0.3) is 0 Å². The molecule has 0 aliphatic carbocycles. The lowest BCUT2D eigenvalue weighted by atomic mass is 10.00. The normalized spacial score (nSPS) is 11.4. The van der Waals surface area contributed by atoms with Crippen LogP contribution in [-0.4, -0.2) is 7.11 Å². The van der Waals surface area contributed by atoms with Crippen LogP contribution >= 0.6 is 0 Å². The van der Waals surface area contributed by atoms with Crippen LogP contribution in [0.3, 0.4) is 0 Å². The summed E-state index contributed by atoms with van der Waals surface area (Å²) in [4.78, 5) is 0. The lowest BCUT2D eigenvalue weighted by molar-refractivity contribution is -0.137. The van der Waals surface area contributed by atoms with Crippen LogP contribution in [0.15, 0.2) is 42.5 Å². The van der Waals surface area contributed by atoms with Crippen molar-refractivity contribution in [2.45, 2.75) is 12.6 Å². The molecule has 20 heavy (non-hydrogen) atoms. The molecule has 0 bridgehead atoms. The van der Waals surface area contributed by atoms with Crippen molar-refractivity contribution in [1.29, 1.82) is 0 Å². The molecule has 0 heterocycles. The molecule has 2 nitrogen and oxygen atoms in total. The molecule has 0 aliphatic rings. The number of rotatable bonds is 3. The summed E-state index contributed by atoms with van der Waals surface area (Å²) in [7, 11) is 1.52. The van der Waals surface area contributed by atoms with Gasteiger partial charge >= 0.3 is 6.18 Å². The van der Waals surface area contributed by atoms with Gasteiger partial charge in [-0.3, -0.25) is 0 Å². The third kappa shape index (κ3) is 3.04. The Kier molecular flexibility index (Phi) is 3.88. The molecular formula is C15H14F3NO. The molecule has 2 rings (SSSR count). The standard InChI is InChI=1S/C15H14F3NO/c1-20-14-5-3-2-4-10(14)8-11-9-12(15(16,17)18)6-7-13(11)19/h2-7,9H,8,19H2,1H3. The summed E-state index contributed by atoms with van der Waals surface area (Å²) < 4.78 is 43.3. The van der Waals surface area contributed by atoms with E-state index in [1.807, 2.05) is 6.07 Å². The number of halogens is 3. The summed E-state index contributed by atoms with van der Waals surface area (Å²) in [6.45, 7) is 0. The van der Waals surface area contributed by atoms with E-state index in [2.05, 4.69) is 0 Å². The molecule has 0 unspecified atom stereocenters. The van der Waals surface area contributed by atoms with Gasteiger partial charge in [0.05, 0.1) is 12.7 Å². The maximum atomic E-state index is 12.7. The number of methoxy groups -OCH3 is 1. The van der Waals surface area contributed by atoms with Crippen molar-refractivity contribution < 1.29 is 17.9 Å². The van der Waals surface area contributed by atoms with Gasteiger partial charge in [0.1, 0.15) is 5.75 Å². The van der Waals surface area contributed by atoms with Gasteiger partial charge in [-0.2, -0.15) is 13.2 Å². The van der Waals surface area contributed by atoms with E-state index in [-0.39, 0.29) is 0 Å². The highest BCUT2D eigenvalue weighted by Gasteiger charge is 2.30. The van der Waals surface area contributed by atoms with Crippen LogP contribution in [0.5, 0.6) is 5.75 Å². The van der Waals surface area contributed by atoms with Crippen LogP contribution in [0.4, 0.5) is 18.9 Å². The molecule has 0 spiro atoms. The van der Waals surface area contributed by atoms with Crippen LogP contribution in [0.2, 0.25) is 0 Å². The van der Waals surface area contributed by atoms with Crippen LogP contribution in [-0.2, 0) is 12.6 Å². The van der Waals surface area contributed by atoms with Gasteiger partial charge in [-0.05, 0) is 35.4 Å². The van der Waals surface area contributed by atoms with Crippen molar-refractivity contribution in [1.82, 2.24) is 0 Å². The van der Waals surface area contributed by atoms with E-state index in [0.717, 1.165) is 17.7 Å². The van der Waals surface area contributed by atoms with E-state index in [9.17, 15) is 13.2 Å². The second-order valence-electron chi connectivity index (χ2n) is 4.40. The zero-order chi connectivity index (χ0) is 14.8. The average molecular weight is 281 g/mol. The monoisotopic (exact) mass is 281 g/mol. The molecule has 0 radical (unpaired) electrons. The van der Waals surface area contributed by atoms with Gasteiger partial charge in [-0.1, -0.05) is 18.2 Å². The maximum Gasteiger partial charge on any atom is 0.416 e. The first-order valence-corrected chi connectivity index (χ1v) is 5.99. The molecule has 0 atom stereocenters. The number of nitrogens with two attached hydrogens (primary N) is 1. The van der Waals surface area contributed by atoms with Gasteiger partial charge in [0.15, 0.2) is 0 Å². The van der Waals surface area contributed by atoms with Crippen molar-refractivity contribution in [2.24, 2.45) is 0 Å². The van der Waals surface area contributed by atoms with Gasteiger partial charge in [0.2, 0.25) is 0 Å². The van der Waals surface area contributed by atoms with E-state index >= 15 is 0 Å². The van der Waals surface area contributed by atoms with E-state index in [1.54, 1.807) is 18.2 Å². The number of hydrogen-bond acceptors (Lipinski definition) is 2. The number of nitrogen functional groups attached to an aromatic ring is 1. The average Bonchev–Trinajstić information content (AvgIpc) is 2.40. The molecular weight excluding hydrogens is 267 g/mol. The predicted molar refractivity (Wildman–Crippen MR) is 71.7 cm³/mol. The molecule has 2 N–H and O–H groups in total. The fourth-order valence-electron chi connectivity index (χ4n) is 1.99. The molecule has 0 amide bonds. The minimum Gasteiger partial charge on any atom is -0.496 e. The highest BCUT2D eigenvalue weighted by atomic mass is 19.4. The van der Waals surface area contributed by atoms with Gasteiger partial charge in [-0.15, -0.1) is 0 Å². The quantitative estimate of drug-likeness (QED) is 0.866. The Morgan fingerprint density at radius 2 is 1.75 bits per heavy atom. The first-order valence-electron chi connectivity index (χ1n) is 5.99. The van der Waals surface area contributed by atoms with Crippen molar-refractivity contribution in [3.63, 3.8) is 0 Å². The van der Waals surface area contributed by atoms with E-state index < -0.39 is 11.7 Å². The molecule has 0 saturated carbocycles. The van der Waals surface area contributed by atoms with Gasteiger partial charge < -0.3 is 10.5 Å². The molecule has 5 heteroatoms. The number of para-hydroxylation sites is 1. The molecule has 2 aromatic rings. The number of benzene rings is 2. The van der Waals surface area contributed by atoms with Gasteiger partial charge in [-0.25, -0.2) is 0 Å². The Labute approximate surface area is 115 Å². The Morgan fingerprint density at radius 1 is 1.05 bits per heavy atom. The van der Waals surface area contributed by atoms with Crippen molar-refractivity contribution in [2.75, 3.05) is 12.8 Å². The number of alkyl halides is 3. The van der Waals surface area contributed by atoms with Gasteiger partial charge in [0, 0.05) is 12.1 Å². The summed E-state index contributed by atoms with van der Waals surface area (Å²) in [6.07, 6.45) is -4.08. The summed E-state index contributed by atoms with van der Waals surface area (Å²) >= 11 is 0. The lowest BCUT2D eigenvalue weighted by Crippen LogP contribution is -2.07. The third-order valence-electron chi connectivity index (χ3n) is 3.04. The second-order valence-corrected chi connectivity index (χ2v) is 4.40. The highest BCUT2D eigenvalue weighted by molar-refractivity contribution is 5.52. The van der Waals surface area contributed by atoms with Crippen molar-refractivity contribution in [3.05, 3.63) is 59.2 Å². The highest BCUT2D eigenvalue weighted by Crippen LogP contribution is 2.32. The molecule has 0 aliphatic heterocycles. The Hall–Kier alpha value is -2.17. The number of hydrogen-bond donors (Lipinski definition) is 1. The van der Waals surface area contributed by atoms with E-state index in [4.69, 9.17) is 10.5 Å². The number of ether oxygens (including phenoxy) is 1. The SMILES string of the molecule is COc1ccccc1Cc1cc(C(F)(F)F)ccc1N. The lowest BCUT2D eigenvalue weighted by Gasteiger charge is -2.13. The third-order valence-corrected chi connectivity index (χ3v) is 3.04. The van der Waals surface area contributed by atoms with Crippen LogP contribution in [0.1, 0.15) is 16.7 Å². The van der Waals surface area contributed by atoms with Gasteiger partial charge in [0.25, 0.3) is 0 Å². The zero-order valence-electron chi connectivity index (χ0n) is 10.9. The predicted octanol–water partition coefficient (Wildman–Crippen LogP) is 3.89. The minimum absolute atomic E-state index is 0.291. The molecule has 106 valence electrons. The second kappa shape index (κ2) is 5.45. The Bertz CT molecular complexity index is 608. The van der Waals surface area contributed by atoms with Crippen molar-refractivity contribution >= 4 is 5.69 Å². The van der Waals surface area contributed by atoms with Crippen molar-refractivity contribution in [3.8, 4) is 5.75 Å². The molecule has 0 aromatic heterocycles.